The molecule has 2 rings (SSSR count). The van der Waals surface area contributed by atoms with E-state index in [2.05, 4.69) is 20.5 Å². The molecule has 2 aromatic heterocycles. The van der Waals surface area contributed by atoms with Gasteiger partial charge in [-0.1, -0.05) is 6.92 Å². The maximum absolute atomic E-state index is 13.3. The molecule has 0 aliphatic heterocycles. The molecule has 0 fully saturated rings. The molecule has 2 heterocycles. The van der Waals surface area contributed by atoms with Crippen molar-refractivity contribution in [2.24, 2.45) is 0 Å². The van der Waals surface area contributed by atoms with Gasteiger partial charge in [0.2, 0.25) is 0 Å². The minimum Gasteiger partial charge on any atom is -0.305 e. The smallest absolute Gasteiger partial charge is 0.259 e. The molecule has 0 atom stereocenters. The minimum absolute atomic E-state index is 0.0546. The van der Waals surface area contributed by atoms with Gasteiger partial charge < -0.3 is 5.32 Å². The predicted molar refractivity (Wildman–Crippen MR) is 60.1 cm³/mol. The van der Waals surface area contributed by atoms with E-state index in [1.54, 1.807) is 6.07 Å². The average Bonchev–Trinajstić information content (AvgIpc) is 2.77. The SMILES string of the molecule is CCc1cc(NC(=O)c2ccncc2F)n[nH]1. The molecule has 0 aliphatic rings. The number of anilines is 1. The third-order valence-electron chi connectivity index (χ3n) is 2.27. The highest BCUT2D eigenvalue weighted by Gasteiger charge is 2.12. The molecule has 0 spiro atoms. The van der Waals surface area contributed by atoms with Gasteiger partial charge in [0.15, 0.2) is 11.6 Å². The number of aromatic amines is 1. The van der Waals surface area contributed by atoms with Gasteiger partial charge in [-0.3, -0.25) is 14.9 Å². The normalized spacial score (nSPS) is 10.2. The van der Waals surface area contributed by atoms with Gasteiger partial charge in [-0.05, 0) is 12.5 Å². The summed E-state index contributed by atoms with van der Waals surface area (Å²) in [5.74, 6) is -0.821. The fourth-order valence-corrected chi connectivity index (χ4v) is 1.35. The second-order valence-corrected chi connectivity index (χ2v) is 3.44. The van der Waals surface area contributed by atoms with Crippen LogP contribution < -0.4 is 5.32 Å². The third-order valence-corrected chi connectivity index (χ3v) is 2.27. The van der Waals surface area contributed by atoms with Crippen LogP contribution >= 0.6 is 0 Å². The second kappa shape index (κ2) is 4.73. The van der Waals surface area contributed by atoms with Crippen LogP contribution in [-0.4, -0.2) is 21.1 Å². The van der Waals surface area contributed by atoms with E-state index in [4.69, 9.17) is 0 Å². The largest absolute Gasteiger partial charge is 0.305 e. The Hall–Kier alpha value is -2.24. The highest BCUT2D eigenvalue weighted by molar-refractivity contribution is 6.03. The molecule has 0 radical (unpaired) electrons. The van der Waals surface area contributed by atoms with E-state index in [0.29, 0.717) is 5.82 Å². The number of carbonyl (C=O) groups is 1. The summed E-state index contributed by atoms with van der Waals surface area (Å²) in [6.07, 6.45) is 3.14. The summed E-state index contributed by atoms with van der Waals surface area (Å²) < 4.78 is 13.3. The number of pyridine rings is 1. The van der Waals surface area contributed by atoms with Gasteiger partial charge in [-0.15, -0.1) is 0 Å². The second-order valence-electron chi connectivity index (χ2n) is 3.44. The van der Waals surface area contributed by atoms with Crippen molar-refractivity contribution in [3.05, 3.63) is 41.6 Å². The Morgan fingerprint density at radius 1 is 1.59 bits per heavy atom. The Bertz CT molecular complexity index is 538. The van der Waals surface area contributed by atoms with Crippen molar-refractivity contribution in [2.75, 3.05) is 5.32 Å². The highest BCUT2D eigenvalue weighted by Crippen LogP contribution is 2.10. The fourth-order valence-electron chi connectivity index (χ4n) is 1.35. The van der Waals surface area contributed by atoms with Crippen LogP contribution in [0.4, 0.5) is 10.2 Å². The Balaban J connectivity index is 2.14. The maximum Gasteiger partial charge on any atom is 0.259 e. The molecule has 0 saturated heterocycles. The summed E-state index contributed by atoms with van der Waals surface area (Å²) in [7, 11) is 0. The van der Waals surface area contributed by atoms with Crippen molar-refractivity contribution in [3.8, 4) is 0 Å². The minimum atomic E-state index is -0.656. The number of amides is 1. The summed E-state index contributed by atoms with van der Waals surface area (Å²) >= 11 is 0. The van der Waals surface area contributed by atoms with Gasteiger partial charge in [-0.25, -0.2) is 4.39 Å². The van der Waals surface area contributed by atoms with Crippen LogP contribution in [0.1, 0.15) is 23.0 Å². The van der Waals surface area contributed by atoms with Gasteiger partial charge in [-0.2, -0.15) is 5.10 Å². The molecular formula is C11H11FN4O. The van der Waals surface area contributed by atoms with E-state index in [9.17, 15) is 9.18 Å². The number of aromatic nitrogens is 3. The summed E-state index contributed by atoms with van der Waals surface area (Å²) in [5.41, 5.74) is 0.844. The molecule has 2 aromatic rings. The zero-order chi connectivity index (χ0) is 12.3. The van der Waals surface area contributed by atoms with Gasteiger partial charge in [0.05, 0.1) is 11.8 Å². The third kappa shape index (κ3) is 2.47. The molecule has 0 aliphatic carbocycles. The molecule has 0 aromatic carbocycles. The Labute approximate surface area is 97.1 Å². The molecule has 2 N–H and O–H groups in total. The first-order chi connectivity index (χ1) is 8.20. The van der Waals surface area contributed by atoms with Gasteiger partial charge in [0.25, 0.3) is 5.91 Å². The molecule has 6 heteroatoms. The number of hydrogen-bond donors (Lipinski definition) is 2. The summed E-state index contributed by atoms with van der Waals surface area (Å²) in [5, 5.41) is 9.15. The van der Waals surface area contributed by atoms with Crippen LogP contribution in [0.15, 0.2) is 24.5 Å². The molecule has 0 bridgehead atoms. The monoisotopic (exact) mass is 234 g/mol. The van der Waals surface area contributed by atoms with E-state index in [1.807, 2.05) is 6.92 Å². The van der Waals surface area contributed by atoms with Crippen molar-refractivity contribution in [2.45, 2.75) is 13.3 Å². The van der Waals surface area contributed by atoms with Gasteiger partial charge in [0.1, 0.15) is 0 Å². The number of H-pyrrole nitrogens is 1. The summed E-state index contributed by atoms with van der Waals surface area (Å²) in [4.78, 5) is 15.3. The molecule has 5 nitrogen and oxygen atoms in total. The lowest BCUT2D eigenvalue weighted by Gasteiger charge is -2.01. The molecule has 1 amide bonds. The van der Waals surface area contributed by atoms with E-state index < -0.39 is 11.7 Å². The summed E-state index contributed by atoms with van der Waals surface area (Å²) in [6.45, 7) is 1.96. The number of aryl methyl sites for hydroxylation is 1. The zero-order valence-electron chi connectivity index (χ0n) is 9.20. The van der Waals surface area contributed by atoms with E-state index in [-0.39, 0.29) is 5.56 Å². The first kappa shape index (κ1) is 11.3. The first-order valence-electron chi connectivity index (χ1n) is 5.16. The van der Waals surface area contributed by atoms with Crippen molar-refractivity contribution in [1.82, 2.24) is 15.2 Å². The lowest BCUT2D eigenvalue weighted by molar-refractivity contribution is 0.102. The molecule has 0 unspecified atom stereocenters. The molecular weight excluding hydrogens is 223 g/mol. The van der Waals surface area contributed by atoms with Crippen LogP contribution in [-0.2, 0) is 6.42 Å². The number of hydrogen-bond acceptors (Lipinski definition) is 3. The average molecular weight is 234 g/mol. The quantitative estimate of drug-likeness (QED) is 0.850. The van der Waals surface area contributed by atoms with Crippen LogP contribution in [0, 0.1) is 5.82 Å². The van der Waals surface area contributed by atoms with E-state index >= 15 is 0 Å². The summed E-state index contributed by atoms with van der Waals surface area (Å²) in [6, 6.07) is 3.02. The van der Waals surface area contributed by atoms with Crippen molar-refractivity contribution >= 4 is 11.7 Å². The molecule has 88 valence electrons. The number of nitrogens with one attached hydrogen (secondary N) is 2. The van der Waals surface area contributed by atoms with Crippen LogP contribution in [0.5, 0.6) is 0 Å². The lowest BCUT2D eigenvalue weighted by atomic mass is 10.2. The van der Waals surface area contributed by atoms with Crippen molar-refractivity contribution < 1.29 is 9.18 Å². The van der Waals surface area contributed by atoms with Crippen LogP contribution in [0.25, 0.3) is 0 Å². The van der Waals surface area contributed by atoms with E-state index in [1.165, 1.54) is 12.3 Å². The number of nitrogens with zero attached hydrogens (tertiary/aromatic N) is 2. The van der Waals surface area contributed by atoms with Crippen LogP contribution in [0.2, 0.25) is 0 Å². The Kier molecular flexibility index (Phi) is 3.13. The maximum atomic E-state index is 13.3. The van der Waals surface area contributed by atoms with Crippen molar-refractivity contribution in [3.63, 3.8) is 0 Å². The number of carbonyl (C=O) groups excluding carboxylic acids is 1. The zero-order valence-corrected chi connectivity index (χ0v) is 9.20. The Morgan fingerprint density at radius 2 is 2.41 bits per heavy atom. The van der Waals surface area contributed by atoms with Crippen LogP contribution in [0.3, 0.4) is 0 Å². The molecule has 17 heavy (non-hydrogen) atoms. The number of rotatable bonds is 3. The molecule has 0 saturated carbocycles. The van der Waals surface area contributed by atoms with Crippen molar-refractivity contribution in [1.29, 1.82) is 0 Å². The highest BCUT2D eigenvalue weighted by atomic mass is 19.1. The lowest BCUT2D eigenvalue weighted by Crippen LogP contribution is -2.14. The number of halogens is 1. The van der Waals surface area contributed by atoms with E-state index in [0.717, 1.165) is 18.3 Å². The predicted octanol–water partition coefficient (Wildman–Crippen LogP) is 1.76. The Morgan fingerprint density at radius 3 is 3.06 bits per heavy atom. The first-order valence-corrected chi connectivity index (χ1v) is 5.16. The standard InChI is InChI=1S/C11H11FN4O/c1-2-7-5-10(16-15-7)14-11(17)8-3-4-13-6-9(8)12/h3-6H,2H2,1H3,(H2,14,15,16,17). The van der Waals surface area contributed by atoms with Gasteiger partial charge in [0, 0.05) is 18.0 Å². The van der Waals surface area contributed by atoms with Gasteiger partial charge >= 0.3 is 0 Å². The fraction of sp³-hybridized carbons (Fsp3) is 0.182. The topological polar surface area (TPSA) is 70.7 Å².